The van der Waals surface area contributed by atoms with Crippen molar-refractivity contribution < 1.29 is 4.79 Å². The summed E-state index contributed by atoms with van der Waals surface area (Å²) in [7, 11) is 0. The van der Waals surface area contributed by atoms with Crippen LogP contribution in [-0.2, 0) is 4.79 Å². The van der Waals surface area contributed by atoms with E-state index in [1.54, 1.807) is 6.20 Å². The molecular formula is C14H21ClN4O. The Bertz CT molecular complexity index is 480. The van der Waals surface area contributed by atoms with Gasteiger partial charge >= 0.3 is 0 Å². The number of halogens is 1. The van der Waals surface area contributed by atoms with Gasteiger partial charge in [-0.25, -0.2) is 4.98 Å². The molecule has 5 nitrogen and oxygen atoms in total. The first-order chi connectivity index (χ1) is 9.49. The molecule has 0 bridgehead atoms. The van der Waals surface area contributed by atoms with E-state index in [4.69, 9.17) is 17.3 Å². The normalized spacial score (nSPS) is 20.2. The highest BCUT2D eigenvalue weighted by Gasteiger charge is 2.28. The molecule has 1 fully saturated rings. The van der Waals surface area contributed by atoms with Crippen LogP contribution in [-0.4, -0.2) is 36.1 Å². The van der Waals surface area contributed by atoms with Crippen LogP contribution in [0.4, 0.5) is 5.82 Å². The molecule has 2 atom stereocenters. The molecule has 20 heavy (non-hydrogen) atoms. The Hall–Kier alpha value is -1.33. The highest BCUT2D eigenvalue weighted by Crippen LogP contribution is 2.25. The number of amides is 1. The van der Waals surface area contributed by atoms with Crippen LogP contribution in [0.2, 0.25) is 5.02 Å². The van der Waals surface area contributed by atoms with Crippen LogP contribution >= 0.6 is 11.6 Å². The third-order valence-electron chi connectivity index (χ3n) is 3.59. The number of nitrogens with two attached hydrogens (primary N) is 1. The zero-order valence-corrected chi connectivity index (χ0v) is 12.6. The molecule has 0 spiro atoms. The summed E-state index contributed by atoms with van der Waals surface area (Å²) in [5.41, 5.74) is 5.85. The highest BCUT2D eigenvalue weighted by molar-refractivity contribution is 6.32. The fraction of sp³-hybridized carbons (Fsp3) is 0.571. The molecule has 2 heterocycles. The maximum Gasteiger partial charge on any atom is 0.237 e. The van der Waals surface area contributed by atoms with E-state index in [1.165, 1.54) is 0 Å². The quantitative estimate of drug-likeness (QED) is 0.881. The summed E-state index contributed by atoms with van der Waals surface area (Å²) in [5, 5.41) is 3.64. The van der Waals surface area contributed by atoms with Crippen LogP contribution in [0.5, 0.6) is 0 Å². The van der Waals surface area contributed by atoms with Crippen molar-refractivity contribution in [3.05, 3.63) is 23.4 Å². The van der Waals surface area contributed by atoms with Crippen LogP contribution in [0.25, 0.3) is 0 Å². The third-order valence-corrected chi connectivity index (χ3v) is 3.89. The average Bonchev–Trinajstić information content (AvgIpc) is 2.86. The van der Waals surface area contributed by atoms with Crippen molar-refractivity contribution in [1.29, 1.82) is 0 Å². The van der Waals surface area contributed by atoms with Gasteiger partial charge in [-0.2, -0.15) is 0 Å². The Morgan fingerprint density at radius 3 is 3.00 bits per heavy atom. The number of aromatic nitrogens is 1. The van der Waals surface area contributed by atoms with Gasteiger partial charge in [-0.15, -0.1) is 0 Å². The highest BCUT2D eigenvalue weighted by atomic mass is 35.5. The topological polar surface area (TPSA) is 71.2 Å². The van der Waals surface area contributed by atoms with Crippen LogP contribution in [0.1, 0.15) is 20.3 Å². The number of rotatable bonds is 4. The van der Waals surface area contributed by atoms with Gasteiger partial charge in [0.05, 0.1) is 11.1 Å². The van der Waals surface area contributed by atoms with Gasteiger partial charge in [-0.05, 0) is 24.5 Å². The second kappa shape index (κ2) is 6.41. The number of carbonyl (C=O) groups is 1. The van der Waals surface area contributed by atoms with Gasteiger partial charge in [0.2, 0.25) is 5.91 Å². The summed E-state index contributed by atoms with van der Waals surface area (Å²) in [4.78, 5) is 18.3. The summed E-state index contributed by atoms with van der Waals surface area (Å²) in [6.07, 6.45) is 2.60. The lowest BCUT2D eigenvalue weighted by atomic mass is 10.0. The smallest absolute Gasteiger partial charge is 0.237 e. The van der Waals surface area contributed by atoms with Gasteiger partial charge in [-0.3, -0.25) is 4.79 Å². The Labute approximate surface area is 124 Å². The van der Waals surface area contributed by atoms with Gasteiger partial charge in [0.15, 0.2) is 0 Å². The van der Waals surface area contributed by atoms with E-state index >= 15 is 0 Å². The molecule has 1 aliphatic rings. The van der Waals surface area contributed by atoms with Crippen molar-refractivity contribution in [2.45, 2.75) is 32.4 Å². The van der Waals surface area contributed by atoms with Crippen molar-refractivity contribution in [2.24, 2.45) is 11.7 Å². The molecule has 6 heteroatoms. The first-order valence-electron chi connectivity index (χ1n) is 6.90. The summed E-state index contributed by atoms with van der Waals surface area (Å²) in [6.45, 7) is 5.43. The van der Waals surface area contributed by atoms with Gasteiger partial charge < -0.3 is 16.0 Å². The van der Waals surface area contributed by atoms with E-state index in [0.717, 1.165) is 18.8 Å². The molecule has 0 aliphatic carbocycles. The molecule has 1 amide bonds. The molecule has 0 radical (unpaired) electrons. The van der Waals surface area contributed by atoms with Crippen molar-refractivity contribution in [2.75, 3.05) is 18.0 Å². The van der Waals surface area contributed by atoms with Crippen LogP contribution < -0.4 is 16.0 Å². The second-order valence-electron chi connectivity index (χ2n) is 5.52. The Morgan fingerprint density at radius 2 is 2.35 bits per heavy atom. The average molecular weight is 297 g/mol. The minimum atomic E-state index is -0.456. The number of pyridine rings is 1. The summed E-state index contributed by atoms with van der Waals surface area (Å²) >= 11 is 6.14. The molecule has 3 N–H and O–H groups in total. The van der Waals surface area contributed by atoms with Crippen LogP contribution in [0.3, 0.4) is 0 Å². The van der Waals surface area contributed by atoms with Gasteiger partial charge in [0, 0.05) is 25.3 Å². The monoisotopic (exact) mass is 296 g/mol. The van der Waals surface area contributed by atoms with Gasteiger partial charge in [0.25, 0.3) is 0 Å². The van der Waals surface area contributed by atoms with E-state index in [2.05, 4.69) is 15.2 Å². The second-order valence-corrected chi connectivity index (χ2v) is 5.93. The molecule has 2 rings (SSSR count). The predicted molar refractivity (Wildman–Crippen MR) is 80.8 cm³/mol. The summed E-state index contributed by atoms with van der Waals surface area (Å²) in [5.74, 6) is 0.829. The van der Waals surface area contributed by atoms with Crippen molar-refractivity contribution in [3.8, 4) is 0 Å². The van der Waals surface area contributed by atoms with E-state index in [9.17, 15) is 4.79 Å². The number of hydrogen-bond donors (Lipinski definition) is 2. The fourth-order valence-corrected chi connectivity index (χ4v) is 2.52. The van der Waals surface area contributed by atoms with Crippen molar-refractivity contribution >= 4 is 23.3 Å². The van der Waals surface area contributed by atoms with E-state index in [-0.39, 0.29) is 17.9 Å². The largest absolute Gasteiger partial charge is 0.353 e. The molecule has 1 aromatic rings. The minimum absolute atomic E-state index is 0.0843. The van der Waals surface area contributed by atoms with Crippen molar-refractivity contribution in [3.63, 3.8) is 0 Å². The SMILES string of the molecule is CC(C)[C@H](N)C(=O)NC1CCN(c2ncccc2Cl)C1. The lowest BCUT2D eigenvalue weighted by molar-refractivity contribution is -0.123. The fourth-order valence-electron chi connectivity index (χ4n) is 2.28. The van der Waals surface area contributed by atoms with Gasteiger partial charge in [-0.1, -0.05) is 25.4 Å². The summed E-state index contributed by atoms with van der Waals surface area (Å²) in [6, 6.07) is 3.28. The molecule has 0 aromatic carbocycles. The summed E-state index contributed by atoms with van der Waals surface area (Å²) < 4.78 is 0. The van der Waals surface area contributed by atoms with Crippen LogP contribution in [0.15, 0.2) is 18.3 Å². The zero-order chi connectivity index (χ0) is 14.7. The van der Waals surface area contributed by atoms with E-state index < -0.39 is 6.04 Å². The standard InChI is InChI=1S/C14H21ClN4O/c1-9(2)12(16)14(20)18-10-5-7-19(8-10)13-11(15)4-3-6-17-13/h3-4,6,9-10,12H,5,7-8,16H2,1-2H3,(H,18,20)/t10?,12-/m0/s1. The maximum atomic E-state index is 12.0. The zero-order valence-electron chi connectivity index (χ0n) is 11.8. The van der Waals surface area contributed by atoms with Crippen LogP contribution in [0, 0.1) is 5.92 Å². The van der Waals surface area contributed by atoms with E-state index in [1.807, 2.05) is 26.0 Å². The molecule has 1 aliphatic heterocycles. The number of nitrogens with zero attached hydrogens (tertiary/aromatic N) is 2. The Balaban J connectivity index is 1.93. The number of carbonyl (C=O) groups excluding carboxylic acids is 1. The molecule has 1 unspecified atom stereocenters. The Kier molecular flexibility index (Phi) is 4.83. The number of nitrogens with one attached hydrogen (secondary N) is 1. The number of hydrogen-bond acceptors (Lipinski definition) is 4. The Morgan fingerprint density at radius 1 is 1.60 bits per heavy atom. The lowest BCUT2D eigenvalue weighted by Crippen LogP contribution is -2.48. The molecule has 1 aromatic heterocycles. The number of anilines is 1. The van der Waals surface area contributed by atoms with E-state index in [0.29, 0.717) is 11.6 Å². The molecule has 0 saturated carbocycles. The van der Waals surface area contributed by atoms with Crippen molar-refractivity contribution in [1.82, 2.24) is 10.3 Å². The molecular weight excluding hydrogens is 276 g/mol. The first kappa shape index (κ1) is 15.1. The minimum Gasteiger partial charge on any atom is -0.353 e. The lowest BCUT2D eigenvalue weighted by Gasteiger charge is -2.21. The first-order valence-corrected chi connectivity index (χ1v) is 7.28. The van der Waals surface area contributed by atoms with Gasteiger partial charge in [0.1, 0.15) is 5.82 Å². The molecule has 110 valence electrons. The third kappa shape index (κ3) is 3.41. The predicted octanol–water partition coefficient (Wildman–Crippen LogP) is 1.41. The molecule has 1 saturated heterocycles. The maximum absolute atomic E-state index is 12.0.